The van der Waals surface area contributed by atoms with E-state index in [1.165, 1.54) is 5.69 Å². The number of hydrogen-bond donors (Lipinski definition) is 0. The molecule has 0 atom stereocenters. The Labute approximate surface area is 88.5 Å². The van der Waals surface area contributed by atoms with Gasteiger partial charge in [-0.15, -0.1) is 0 Å². The number of imidazole rings is 1. The number of fused-ring (bicyclic) bond motifs is 1. The van der Waals surface area contributed by atoms with Crippen LogP contribution < -0.4 is 0 Å². The summed E-state index contributed by atoms with van der Waals surface area (Å²) in [6.45, 7) is 6.49. The Morgan fingerprint density at radius 2 is 2.07 bits per heavy atom. The summed E-state index contributed by atoms with van der Waals surface area (Å²) in [6.07, 6.45) is 3.88. The van der Waals surface area contributed by atoms with Gasteiger partial charge in [0.15, 0.2) is 5.65 Å². The van der Waals surface area contributed by atoms with E-state index in [0.717, 1.165) is 5.65 Å². The van der Waals surface area contributed by atoms with E-state index in [4.69, 9.17) is 11.6 Å². The molecule has 0 unspecified atom stereocenters. The van der Waals surface area contributed by atoms with Gasteiger partial charge in [0.1, 0.15) is 0 Å². The maximum atomic E-state index is 6.04. The molecule has 0 spiro atoms. The number of rotatable bonds is 0. The number of aromatic nitrogens is 2. The van der Waals surface area contributed by atoms with Gasteiger partial charge in [0.2, 0.25) is 0 Å². The van der Waals surface area contributed by atoms with E-state index < -0.39 is 0 Å². The molecule has 74 valence electrons. The zero-order valence-electron chi connectivity index (χ0n) is 8.58. The summed E-state index contributed by atoms with van der Waals surface area (Å²) in [5, 5.41) is 0.697. The molecule has 0 saturated heterocycles. The highest BCUT2D eigenvalue weighted by molar-refractivity contribution is 6.33. The molecule has 2 nitrogen and oxygen atoms in total. The van der Waals surface area contributed by atoms with Gasteiger partial charge in [-0.3, -0.25) is 0 Å². The third-order valence-electron chi connectivity index (χ3n) is 2.26. The Balaban J connectivity index is 2.76. The van der Waals surface area contributed by atoms with E-state index in [-0.39, 0.29) is 5.41 Å². The topological polar surface area (TPSA) is 17.3 Å². The predicted molar refractivity (Wildman–Crippen MR) is 58.9 cm³/mol. The Morgan fingerprint density at radius 1 is 1.36 bits per heavy atom. The second-order valence-electron chi connectivity index (χ2n) is 4.44. The molecule has 0 N–H and O–H groups in total. The van der Waals surface area contributed by atoms with Crippen molar-refractivity contribution >= 4 is 17.2 Å². The number of hydrogen-bond acceptors (Lipinski definition) is 1. The minimum atomic E-state index is 0.0874. The molecule has 0 radical (unpaired) electrons. The van der Waals surface area contributed by atoms with Crippen molar-refractivity contribution in [2.75, 3.05) is 0 Å². The minimum Gasteiger partial charge on any atom is -0.302 e. The Kier molecular flexibility index (Phi) is 2.04. The lowest BCUT2D eigenvalue weighted by molar-refractivity contribution is 0.563. The largest absolute Gasteiger partial charge is 0.302 e. The number of pyridine rings is 1. The van der Waals surface area contributed by atoms with E-state index in [1.807, 2.05) is 28.9 Å². The maximum Gasteiger partial charge on any atom is 0.155 e. The molecule has 2 aromatic rings. The van der Waals surface area contributed by atoms with E-state index in [0.29, 0.717) is 5.02 Å². The lowest BCUT2D eigenvalue weighted by Gasteiger charge is -2.17. The van der Waals surface area contributed by atoms with Gasteiger partial charge < -0.3 is 4.40 Å². The van der Waals surface area contributed by atoms with Crippen molar-refractivity contribution in [1.29, 1.82) is 0 Å². The lowest BCUT2D eigenvalue weighted by atomic mass is 9.93. The van der Waals surface area contributed by atoms with Crippen LogP contribution in [0.3, 0.4) is 0 Å². The molecule has 2 rings (SSSR count). The van der Waals surface area contributed by atoms with Crippen LogP contribution in [0, 0.1) is 0 Å². The summed E-state index contributed by atoms with van der Waals surface area (Å²) in [7, 11) is 0. The van der Waals surface area contributed by atoms with Crippen molar-refractivity contribution in [1.82, 2.24) is 9.38 Å². The highest BCUT2D eigenvalue weighted by Crippen LogP contribution is 2.25. The fraction of sp³-hybridized carbons (Fsp3) is 0.364. The van der Waals surface area contributed by atoms with E-state index in [9.17, 15) is 0 Å². The maximum absolute atomic E-state index is 6.04. The normalized spacial score (nSPS) is 12.3. The van der Waals surface area contributed by atoms with Crippen molar-refractivity contribution in [3.05, 3.63) is 35.2 Å². The molecule has 14 heavy (non-hydrogen) atoms. The van der Waals surface area contributed by atoms with Crippen LogP contribution in [0.15, 0.2) is 24.5 Å². The molecule has 0 aliphatic heterocycles. The van der Waals surface area contributed by atoms with Crippen molar-refractivity contribution in [3.63, 3.8) is 0 Å². The SMILES string of the molecule is CC(C)(C)c1cnc2c(Cl)cccn12. The van der Waals surface area contributed by atoms with E-state index >= 15 is 0 Å². The minimum absolute atomic E-state index is 0.0874. The third kappa shape index (κ3) is 1.40. The molecule has 0 aliphatic carbocycles. The first-order chi connectivity index (χ1) is 6.50. The lowest BCUT2D eigenvalue weighted by Crippen LogP contribution is -2.13. The highest BCUT2D eigenvalue weighted by Gasteiger charge is 2.18. The summed E-state index contributed by atoms with van der Waals surface area (Å²) >= 11 is 6.04. The van der Waals surface area contributed by atoms with Gasteiger partial charge in [-0.1, -0.05) is 32.4 Å². The zero-order chi connectivity index (χ0) is 10.3. The van der Waals surface area contributed by atoms with Crippen molar-refractivity contribution < 1.29 is 0 Å². The molecule has 0 aliphatic rings. The molecule has 2 heterocycles. The van der Waals surface area contributed by atoms with Gasteiger partial charge >= 0.3 is 0 Å². The predicted octanol–water partition coefficient (Wildman–Crippen LogP) is 3.29. The zero-order valence-corrected chi connectivity index (χ0v) is 9.34. The van der Waals surface area contributed by atoms with Crippen molar-refractivity contribution in [3.8, 4) is 0 Å². The second-order valence-corrected chi connectivity index (χ2v) is 4.85. The fourth-order valence-corrected chi connectivity index (χ4v) is 1.74. The smallest absolute Gasteiger partial charge is 0.155 e. The molecule has 0 bridgehead atoms. The van der Waals surface area contributed by atoms with Crippen LogP contribution in [0.5, 0.6) is 0 Å². The van der Waals surface area contributed by atoms with E-state index in [2.05, 4.69) is 25.8 Å². The first-order valence-electron chi connectivity index (χ1n) is 4.62. The molecule has 0 saturated carbocycles. The quantitative estimate of drug-likeness (QED) is 0.650. The van der Waals surface area contributed by atoms with Crippen LogP contribution in [-0.4, -0.2) is 9.38 Å². The standard InChI is InChI=1S/C11H13ClN2/c1-11(2,3)9-7-13-10-8(12)5-4-6-14(9)10/h4-7H,1-3H3. The molecule has 3 heteroatoms. The van der Waals surface area contributed by atoms with Gasteiger partial charge in [-0.25, -0.2) is 4.98 Å². The summed E-state index contributed by atoms with van der Waals surface area (Å²) in [5.74, 6) is 0. The number of nitrogens with zero attached hydrogens (tertiary/aromatic N) is 2. The molecule has 2 aromatic heterocycles. The van der Waals surface area contributed by atoms with Crippen molar-refractivity contribution in [2.45, 2.75) is 26.2 Å². The second kappa shape index (κ2) is 2.99. The summed E-state index contributed by atoms with van der Waals surface area (Å²) < 4.78 is 2.04. The average molecular weight is 209 g/mol. The molecular weight excluding hydrogens is 196 g/mol. The first-order valence-corrected chi connectivity index (χ1v) is 5.00. The molecular formula is C11H13ClN2. The van der Waals surface area contributed by atoms with Crippen molar-refractivity contribution in [2.24, 2.45) is 0 Å². The van der Waals surface area contributed by atoms with Crippen LogP contribution in [0.1, 0.15) is 26.5 Å². The van der Waals surface area contributed by atoms with Crippen LogP contribution in [-0.2, 0) is 5.41 Å². The van der Waals surface area contributed by atoms with Gasteiger partial charge in [-0.2, -0.15) is 0 Å². The third-order valence-corrected chi connectivity index (χ3v) is 2.55. The highest BCUT2D eigenvalue weighted by atomic mass is 35.5. The summed E-state index contributed by atoms with van der Waals surface area (Å²) in [6, 6.07) is 3.79. The summed E-state index contributed by atoms with van der Waals surface area (Å²) in [5.41, 5.74) is 2.10. The monoisotopic (exact) mass is 208 g/mol. The van der Waals surface area contributed by atoms with E-state index in [1.54, 1.807) is 0 Å². The van der Waals surface area contributed by atoms with Crippen LogP contribution in [0.2, 0.25) is 5.02 Å². The average Bonchev–Trinajstić information content (AvgIpc) is 2.47. The van der Waals surface area contributed by atoms with Crippen LogP contribution >= 0.6 is 11.6 Å². The Morgan fingerprint density at radius 3 is 2.71 bits per heavy atom. The molecule has 0 aromatic carbocycles. The Hall–Kier alpha value is -1.02. The number of halogens is 1. The van der Waals surface area contributed by atoms with Gasteiger partial charge in [0.05, 0.1) is 5.02 Å². The van der Waals surface area contributed by atoms with Crippen LogP contribution in [0.25, 0.3) is 5.65 Å². The molecule has 0 amide bonds. The summed E-state index contributed by atoms with van der Waals surface area (Å²) in [4.78, 5) is 4.32. The fourth-order valence-electron chi connectivity index (χ4n) is 1.53. The Bertz CT molecular complexity index is 466. The van der Waals surface area contributed by atoms with Crippen LogP contribution in [0.4, 0.5) is 0 Å². The van der Waals surface area contributed by atoms with Gasteiger partial charge in [0, 0.05) is 23.5 Å². The van der Waals surface area contributed by atoms with Gasteiger partial charge in [0.25, 0.3) is 0 Å². The van der Waals surface area contributed by atoms with Gasteiger partial charge in [-0.05, 0) is 12.1 Å². The first kappa shape index (κ1) is 9.53. The molecule has 0 fully saturated rings.